The molecule has 0 radical (unpaired) electrons. The second-order valence-corrected chi connectivity index (χ2v) is 10.0. The number of carbonyl (C=O) groups excluding carboxylic acids is 1. The third-order valence-electron chi connectivity index (χ3n) is 6.14. The molecule has 0 unspecified atom stereocenters. The summed E-state index contributed by atoms with van der Waals surface area (Å²) in [6.07, 6.45) is 7.63. The zero-order chi connectivity index (χ0) is 20.4. The van der Waals surface area contributed by atoms with Crippen LogP contribution in [-0.4, -0.2) is 19.6 Å². The minimum atomic E-state index is -4.19. The van der Waals surface area contributed by atoms with Gasteiger partial charge < -0.3 is 14.8 Å². The van der Waals surface area contributed by atoms with Crippen LogP contribution < -0.4 is 10.0 Å². The van der Waals surface area contributed by atoms with Crippen LogP contribution in [0.15, 0.2) is 21.8 Å². The Morgan fingerprint density at radius 2 is 1.66 bits per heavy atom. The molecule has 3 aliphatic carbocycles. The third-order valence-corrected chi connectivity index (χ3v) is 7.79. The van der Waals surface area contributed by atoms with Crippen molar-refractivity contribution in [3.63, 3.8) is 0 Å². The van der Waals surface area contributed by atoms with E-state index in [1.165, 1.54) is 12.3 Å². The molecule has 0 spiro atoms. The maximum absolute atomic E-state index is 12.6. The number of urea groups is 1. The largest absolute Gasteiger partial charge is 0.451 e. The van der Waals surface area contributed by atoms with Gasteiger partial charge in [-0.3, -0.25) is 0 Å². The molecule has 3 aliphatic rings. The van der Waals surface area contributed by atoms with Crippen molar-refractivity contribution in [2.24, 2.45) is 0 Å². The van der Waals surface area contributed by atoms with Gasteiger partial charge >= 0.3 is 6.03 Å². The van der Waals surface area contributed by atoms with E-state index in [1.54, 1.807) is 0 Å². The first-order chi connectivity index (χ1) is 13.8. The first-order valence-corrected chi connectivity index (χ1v) is 11.6. The summed E-state index contributed by atoms with van der Waals surface area (Å²) in [5.74, 6) is 0. The first kappa shape index (κ1) is 19.0. The van der Waals surface area contributed by atoms with Gasteiger partial charge in [0.05, 0.1) is 11.9 Å². The lowest BCUT2D eigenvalue weighted by molar-refractivity contribution is 0.150. The zero-order valence-corrected chi connectivity index (χ0v) is 17.3. The molecule has 0 atom stereocenters. The minimum absolute atomic E-state index is 0.394. The number of furan rings is 1. The van der Waals surface area contributed by atoms with Gasteiger partial charge in [0.25, 0.3) is 10.0 Å². The summed E-state index contributed by atoms with van der Waals surface area (Å²) in [6, 6.07) is 0.430. The number of carbonyl (C=O) groups is 1. The molecule has 9 heteroatoms. The molecule has 1 fully saturated rings. The molecular formula is C20H21ClN2O5S. The Morgan fingerprint density at radius 1 is 1.07 bits per heavy atom. The van der Waals surface area contributed by atoms with Crippen molar-refractivity contribution in [3.05, 3.63) is 45.2 Å². The van der Waals surface area contributed by atoms with Gasteiger partial charge in [0, 0.05) is 22.3 Å². The Bertz CT molecular complexity index is 1100. The van der Waals surface area contributed by atoms with Crippen LogP contribution in [0.5, 0.6) is 0 Å². The first-order valence-electron chi connectivity index (χ1n) is 9.79. The number of amides is 2. The highest BCUT2D eigenvalue weighted by molar-refractivity contribution is 7.89. The van der Waals surface area contributed by atoms with Crippen molar-refractivity contribution in [1.82, 2.24) is 4.72 Å². The number of nitrogens with one attached hydrogen (secondary N) is 2. The number of halogens is 1. The predicted octanol–water partition coefficient (Wildman–Crippen LogP) is 3.40. The molecule has 0 saturated heterocycles. The molecule has 2 amide bonds. The summed E-state index contributed by atoms with van der Waals surface area (Å²) >= 11 is 6.58. The predicted molar refractivity (Wildman–Crippen MR) is 107 cm³/mol. The highest BCUT2D eigenvalue weighted by atomic mass is 35.5. The van der Waals surface area contributed by atoms with Crippen molar-refractivity contribution in [3.8, 4) is 0 Å². The van der Waals surface area contributed by atoms with Crippen LogP contribution >= 0.6 is 11.6 Å². The maximum Gasteiger partial charge on any atom is 0.333 e. The van der Waals surface area contributed by atoms with E-state index in [9.17, 15) is 18.3 Å². The van der Waals surface area contributed by atoms with Crippen molar-refractivity contribution in [2.75, 3.05) is 5.32 Å². The second kappa shape index (κ2) is 6.48. The lowest BCUT2D eigenvalue weighted by Crippen LogP contribution is -2.34. The monoisotopic (exact) mass is 436 g/mol. The normalized spacial score (nSPS) is 19.0. The fourth-order valence-corrected chi connectivity index (χ4v) is 5.73. The van der Waals surface area contributed by atoms with Crippen molar-refractivity contribution in [1.29, 1.82) is 0 Å². The van der Waals surface area contributed by atoms with E-state index in [1.807, 2.05) is 4.72 Å². The minimum Gasteiger partial charge on any atom is -0.451 e. The molecule has 154 valence electrons. The smallest absolute Gasteiger partial charge is 0.333 e. The van der Waals surface area contributed by atoms with Gasteiger partial charge in [0.15, 0.2) is 0 Å². The molecule has 7 nitrogen and oxygen atoms in total. The number of benzene rings is 1. The standard InChI is InChI=1S/C20H21ClN2O5S/c21-17-12-3-1-5-14(12)18(15-6-2-4-13(15)17)22-19(24)23-29(26,27)16-9-11(10-28-16)20(25)7-8-20/h9-10,25H,1-8H2,(H2,22,23,24). The number of anilines is 1. The van der Waals surface area contributed by atoms with Crippen molar-refractivity contribution in [2.45, 2.75) is 62.1 Å². The van der Waals surface area contributed by atoms with Gasteiger partial charge in [-0.2, -0.15) is 8.42 Å². The van der Waals surface area contributed by atoms with E-state index in [2.05, 4.69) is 5.32 Å². The van der Waals surface area contributed by atoms with Crippen LogP contribution in [0.4, 0.5) is 10.5 Å². The molecule has 1 aromatic heterocycles. The molecule has 29 heavy (non-hydrogen) atoms. The van der Waals surface area contributed by atoms with Gasteiger partial charge in [0.2, 0.25) is 5.09 Å². The van der Waals surface area contributed by atoms with Crippen LogP contribution in [0.25, 0.3) is 0 Å². The summed E-state index contributed by atoms with van der Waals surface area (Å²) in [5.41, 5.74) is 4.27. The SMILES string of the molecule is O=C(Nc1c2c(c(Cl)c3c1CCC3)CCC2)NS(=O)(=O)c1cc(C2(O)CC2)co1. The molecule has 1 heterocycles. The average Bonchev–Trinajstić information content (AvgIpc) is 3.17. The molecular weight excluding hydrogens is 416 g/mol. The molecule has 0 bridgehead atoms. The fourth-order valence-electron chi connectivity index (χ4n) is 4.46. The van der Waals surface area contributed by atoms with Crippen LogP contribution in [0, 0.1) is 0 Å². The number of sulfonamides is 1. The molecule has 0 aliphatic heterocycles. The Balaban J connectivity index is 1.40. The van der Waals surface area contributed by atoms with E-state index in [-0.39, 0.29) is 0 Å². The Labute approximate surface area is 173 Å². The van der Waals surface area contributed by atoms with Gasteiger partial charge in [-0.1, -0.05) is 11.6 Å². The molecule has 5 rings (SSSR count). The molecule has 3 N–H and O–H groups in total. The van der Waals surface area contributed by atoms with E-state index in [0.717, 1.165) is 65.8 Å². The summed E-state index contributed by atoms with van der Waals surface area (Å²) in [4.78, 5) is 12.6. The molecule has 1 aromatic carbocycles. The number of rotatable bonds is 4. The quantitative estimate of drug-likeness (QED) is 0.680. The van der Waals surface area contributed by atoms with Crippen LogP contribution in [0.2, 0.25) is 5.02 Å². The summed E-state index contributed by atoms with van der Waals surface area (Å²) in [7, 11) is -4.19. The second-order valence-electron chi connectivity index (χ2n) is 8.06. The Hall–Kier alpha value is -2.03. The summed E-state index contributed by atoms with van der Waals surface area (Å²) < 4.78 is 32.2. The zero-order valence-electron chi connectivity index (χ0n) is 15.7. The summed E-state index contributed by atoms with van der Waals surface area (Å²) in [6.45, 7) is 0. The highest BCUT2D eigenvalue weighted by Crippen LogP contribution is 2.46. The van der Waals surface area contributed by atoms with Crippen LogP contribution in [0.3, 0.4) is 0 Å². The molecule has 2 aromatic rings. The molecule has 1 saturated carbocycles. The lowest BCUT2D eigenvalue weighted by Gasteiger charge is -2.18. The lowest BCUT2D eigenvalue weighted by atomic mass is 9.98. The van der Waals surface area contributed by atoms with Crippen LogP contribution in [-0.2, 0) is 41.3 Å². The maximum atomic E-state index is 12.6. The number of aliphatic hydroxyl groups is 1. The third kappa shape index (κ3) is 3.14. The fraction of sp³-hybridized carbons (Fsp3) is 0.450. The van der Waals surface area contributed by atoms with Gasteiger partial charge in [-0.25, -0.2) is 9.52 Å². The highest BCUT2D eigenvalue weighted by Gasteiger charge is 2.44. The van der Waals surface area contributed by atoms with Crippen molar-refractivity contribution >= 4 is 33.3 Å². The van der Waals surface area contributed by atoms with Crippen molar-refractivity contribution < 1.29 is 22.7 Å². The van der Waals surface area contributed by atoms with Gasteiger partial charge in [0.1, 0.15) is 0 Å². The number of fused-ring (bicyclic) bond motifs is 2. The van der Waals surface area contributed by atoms with Crippen LogP contribution in [0.1, 0.15) is 53.5 Å². The number of hydrogen-bond donors (Lipinski definition) is 3. The topological polar surface area (TPSA) is 109 Å². The van der Waals surface area contributed by atoms with Gasteiger partial charge in [-0.15, -0.1) is 0 Å². The number of hydrogen-bond acceptors (Lipinski definition) is 5. The van der Waals surface area contributed by atoms with E-state index < -0.39 is 26.7 Å². The van der Waals surface area contributed by atoms with E-state index in [4.69, 9.17) is 16.0 Å². The Kier molecular flexibility index (Phi) is 4.24. The Morgan fingerprint density at radius 3 is 2.24 bits per heavy atom. The summed E-state index contributed by atoms with van der Waals surface area (Å²) in [5, 5.41) is 13.3. The average molecular weight is 437 g/mol. The van der Waals surface area contributed by atoms with E-state index >= 15 is 0 Å². The van der Waals surface area contributed by atoms with E-state index in [0.29, 0.717) is 24.1 Å². The van der Waals surface area contributed by atoms with Gasteiger partial charge in [-0.05, 0) is 73.6 Å².